The number of amides is 1. The standard InChI is InChI=1S/C7H11F3NO4P/c8-7(9,10)4-15-16(13,14)3-6(12)11-5-1-2-5/h5H,1-4H2,(H,11,12)(H,13,14). The Balaban J connectivity index is 2.31. The van der Waals surface area contributed by atoms with Gasteiger partial charge < -0.3 is 10.2 Å². The number of nitrogens with one attached hydrogen (secondary N) is 1. The first-order valence-electron chi connectivity index (χ1n) is 4.50. The van der Waals surface area contributed by atoms with Gasteiger partial charge in [-0.1, -0.05) is 0 Å². The van der Waals surface area contributed by atoms with E-state index in [1.807, 2.05) is 0 Å². The van der Waals surface area contributed by atoms with E-state index in [1.54, 1.807) is 0 Å². The highest BCUT2D eigenvalue weighted by atomic mass is 31.2. The summed E-state index contributed by atoms with van der Waals surface area (Å²) >= 11 is 0. The van der Waals surface area contributed by atoms with Gasteiger partial charge in [-0.2, -0.15) is 13.2 Å². The molecular formula is C7H11F3NO4P. The van der Waals surface area contributed by atoms with Crippen LogP contribution in [0, 0.1) is 0 Å². The number of alkyl halides is 3. The van der Waals surface area contributed by atoms with Crippen molar-refractivity contribution < 1.29 is 31.9 Å². The first kappa shape index (κ1) is 13.5. The molecular weight excluding hydrogens is 250 g/mol. The van der Waals surface area contributed by atoms with Crippen LogP contribution in [-0.2, 0) is 13.9 Å². The van der Waals surface area contributed by atoms with E-state index in [0.29, 0.717) is 0 Å². The van der Waals surface area contributed by atoms with Gasteiger partial charge in [0.1, 0.15) is 6.16 Å². The van der Waals surface area contributed by atoms with E-state index in [9.17, 15) is 22.5 Å². The summed E-state index contributed by atoms with van der Waals surface area (Å²) < 4.78 is 49.9. The van der Waals surface area contributed by atoms with Gasteiger partial charge in [-0.25, -0.2) is 0 Å². The third kappa shape index (κ3) is 6.09. The van der Waals surface area contributed by atoms with Crippen molar-refractivity contribution in [3.63, 3.8) is 0 Å². The van der Waals surface area contributed by atoms with Crippen molar-refractivity contribution in [2.24, 2.45) is 0 Å². The van der Waals surface area contributed by atoms with Crippen LogP contribution in [0.3, 0.4) is 0 Å². The lowest BCUT2D eigenvalue weighted by atomic mass is 10.6. The van der Waals surface area contributed by atoms with Crippen molar-refractivity contribution in [2.45, 2.75) is 25.1 Å². The van der Waals surface area contributed by atoms with Crippen LogP contribution in [0.4, 0.5) is 13.2 Å². The molecule has 9 heteroatoms. The van der Waals surface area contributed by atoms with Crippen molar-refractivity contribution >= 4 is 13.5 Å². The number of carbonyl (C=O) groups is 1. The maximum Gasteiger partial charge on any atom is 0.412 e. The normalized spacial score (nSPS) is 20.2. The van der Waals surface area contributed by atoms with Crippen LogP contribution < -0.4 is 5.32 Å². The summed E-state index contributed by atoms with van der Waals surface area (Å²) in [6.07, 6.45) is -4.07. The number of carbonyl (C=O) groups excluding carboxylic acids is 1. The second-order valence-electron chi connectivity index (χ2n) is 3.53. The average Bonchev–Trinajstić information content (AvgIpc) is 2.82. The van der Waals surface area contributed by atoms with Crippen LogP contribution in [0.25, 0.3) is 0 Å². The fourth-order valence-electron chi connectivity index (χ4n) is 0.902. The quantitative estimate of drug-likeness (QED) is 0.725. The van der Waals surface area contributed by atoms with Gasteiger partial charge in [-0.15, -0.1) is 0 Å². The molecule has 1 atom stereocenters. The lowest BCUT2D eigenvalue weighted by molar-refractivity contribution is -0.155. The first-order chi connectivity index (χ1) is 7.18. The minimum absolute atomic E-state index is 0.0184. The van der Waals surface area contributed by atoms with Crippen molar-refractivity contribution in [1.29, 1.82) is 0 Å². The predicted molar refractivity (Wildman–Crippen MR) is 47.9 cm³/mol. The molecule has 1 saturated carbocycles. The Hall–Kier alpha value is -0.590. The highest BCUT2D eigenvalue weighted by Gasteiger charge is 2.35. The molecule has 1 amide bonds. The van der Waals surface area contributed by atoms with E-state index in [0.717, 1.165) is 12.8 Å². The van der Waals surface area contributed by atoms with Gasteiger partial charge in [0.15, 0.2) is 6.61 Å². The third-order valence-corrected chi connectivity index (χ3v) is 2.94. The van der Waals surface area contributed by atoms with E-state index in [4.69, 9.17) is 4.89 Å². The second-order valence-corrected chi connectivity index (χ2v) is 5.38. The van der Waals surface area contributed by atoms with Crippen LogP contribution in [0.15, 0.2) is 0 Å². The monoisotopic (exact) mass is 261 g/mol. The summed E-state index contributed by atoms with van der Waals surface area (Å²) in [4.78, 5) is 20.0. The Kier molecular flexibility index (Phi) is 3.98. The van der Waals surface area contributed by atoms with Gasteiger partial charge in [-0.05, 0) is 12.8 Å². The van der Waals surface area contributed by atoms with E-state index in [1.165, 1.54) is 0 Å². The van der Waals surface area contributed by atoms with Crippen LogP contribution in [0.5, 0.6) is 0 Å². The lowest BCUT2D eigenvalue weighted by Gasteiger charge is -2.13. The Morgan fingerprint density at radius 2 is 2.06 bits per heavy atom. The topological polar surface area (TPSA) is 75.6 Å². The predicted octanol–water partition coefficient (Wildman–Crippen LogP) is 1.03. The molecule has 1 aliphatic carbocycles. The molecule has 0 heterocycles. The number of hydrogen-bond donors (Lipinski definition) is 2. The molecule has 0 radical (unpaired) electrons. The molecule has 0 bridgehead atoms. The third-order valence-electron chi connectivity index (χ3n) is 1.72. The Labute approximate surface area is 89.5 Å². The molecule has 1 unspecified atom stereocenters. The zero-order valence-electron chi connectivity index (χ0n) is 8.16. The zero-order valence-corrected chi connectivity index (χ0v) is 9.05. The van der Waals surface area contributed by atoms with E-state index in [-0.39, 0.29) is 6.04 Å². The van der Waals surface area contributed by atoms with E-state index in [2.05, 4.69) is 9.84 Å². The lowest BCUT2D eigenvalue weighted by Crippen LogP contribution is -2.29. The Morgan fingerprint density at radius 1 is 1.50 bits per heavy atom. The Bertz CT molecular complexity index is 315. The molecule has 1 fully saturated rings. The molecule has 0 spiro atoms. The molecule has 2 N–H and O–H groups in total. The van der Waals surface area contributed by atoms with Crippen LogP contribution in [0.1, 0.15) is 12.8 Å². The molecule has 5 nitrogen and oxygen atoms in total. The van der Waals surface area contributed by atoms with Gasteiger partial charge >= 0.3 is 13.8 Å². The molecule has 0 aromatic rings. The van der Waals surface area contributed by atoms with Crippen LogP contribution in [-0.4, -0.2) is 35.8 Å². The molecule has 0 aromatic carbocycles. The summed E-state index contributed by atoms with van der Waals surface area (Å²) in [5, 5.41) is 2.37. The maximum absolute atomic E-state index is 11.7. The van der Waals surface area contributed by atoms with Gasteiger partial charge in [0.25, 0.3) is 0 Å². The fourth-order valence-corrected chi connectivity index (χ4v) is 1.80. The molecule has 0 aliphatic heterocycles. The maximum atomic E-state index is 11.7. The molecule has 94 valence electrons. The summed E-state index contributed by atoms with van der Waals surface area (Å²) in [6.45, 7) is -1.84. The molecule has 0 aromatic heterocycles. The van der Waals surface area contributed by atoms with Crippen molar-refractivity contribution in [1.82, 2.24) is 5.32 Å². The fraction of sp³-hybridized carbons (Fsp3) is 0.857. The van der Waals surface area contributed by atoms with Crippen molar-refractivity contribution in [3.05, 3.63) is 0 Å². The summed E-state index contributed by atoms with van der Waals surface area (Å²) in [5.41, 5.74) is 0. The Morgan fingerprint density at radius 3 is 2.50 bits per heavy atom. The van der Waals surface area contributed by atoms with Crippen LogP contribution >= 0.6 is 7.60 Å². The van der Waals surface area contributed by atoms with E-state index >= 15 is 0 Å². The van der Waals surface area contributed by atoms with Gasteiger partial charge in [0.2, 0.25) is 5.91 Å². The van der Waals surface area contributed by atoms with Crippen molar-refractivity contribution in [3.8, 4) is 0 Å². The second kappa shape index (κ2) is 4.73. The molecule has 16 heavy (non-hydrogen) atoms. The van der Waals surface area contributed by atoms with Crippen molar-refractivity contribution in [2.75, 3.05) is 12.8 Å². The van der Waals surface area contributed by atoms with Gasteiger partial charge in [-0.3, -0.25) is 13.9 Å². The first-order valence-corrected chi connectivity index (χ1v) is 6.27. The molecule has 1 aliphatic rings. The molecule has 1 rings (SSSR count). The summed E-state index contributed by atoms with van der Waals surface area (Å²) in [6, 6.07) is -0.0184. The SMILES string of the molecule is O=C(CP(=O)(O)OCC(F)(F)F)NC1CC1. The number of rotatable bonds is 5. The summed E-state index contributed by atoms with van der Waals surface area (Å²) in [5.74, 6) is -0.768. The minimum Gasteiger partial charge on any atom is -0.353 e. The smallest absolute Gasteiger partial charge is 0.353 e. The van der Waals surface area contributed by atoms with Gasteiger partial charge in [0, 0.05) is 6.04 Å². The van der Waals surface area contributed by atoms with Crippen LogP contribution in [0.2, 0.25) is 0 Å². The molecule has 0 saturated heterocycles. The average molecular weight is 261 g/mol. The largest absolute Gasteiger partial charge is 0.412 e. The highest BCUT2D eigenvalue weighted by Crippen LogP contribution is 2.43. The summed E-state index contributed by atoms with van der Waals surface area (Å²) in [7, 11) is -4.51. The van der Waals surface area contributed by atoms with Gasteiger partial charge in [0.05, 0.1) is 0 Å². The number of hydrogen-bond acceptors (Lipinski definition) is 3. The zero-order chi connectivity index (χ0) is 12.4. The highest BCUT2D eigenvalue weighted by molar-refractivity contribution is 7.53. The number of halogens is 3. The minimum atomic E-state index is -4.69. The van der Waals surface area contributed by atoms with E-state index < -0.39 is 32.4 Å².